The number of aromatic amines is 1. The van der Waals surface area contributed by atoms with E-state index in [2.05, 4.69) is 34.6 Å². The normalized spacial score (nSPS) is 17.0. The van der Waals surface area contributed by atoms with Crippen molar-refractivity contribution < 1.29 is 4.79 Å². The molecule has 4 rings (SSSR count). The predicted octanol–water partition coefficient (Wildman–Crippen LogP) is 3.38. The van der Waals surface area contributed by atoms with Crippen molar-refractivity contribution in [3.05, 3.63) is 71.4 Å². The van der Waals surface area contributed by atoms with E-state index >= 15 is 0 Å². The molecule has 0 saturated carbocycles. The smallest absolute Gasteiger partial charge is 0.224 e. The minimum absolute atomic E-state index is 0.112. The molecular weight excluding hydrogens is 284 g/mol. The number of nitrogens with one attached hydrogen (secondary N) is 2. The summed E-state index contributed by atoms with van der Waals surface area (Å²) in [5.41, 5.74) is 4.97. The van der Waals surface area contributed by atoms with E-state index < -0.39 is 0 Å². The number of carbonyl (C=O) groups is 1. The van der Waals surface area contributed by atoms with Gasteiger partial charge in [-0.3, -0.25) is 4.79 Å². The topological polar surface area (TPSA) is 44.9 Å². The second-order valence-corrected chi connectivity index (χ2v) is 6.30. The number of aryl methyl sites for hydroxylation is 1. The van der Waals surface area contributed by atoms with Crippen LogP contribution in [-0.4, -0.2) is 16.9 Å². The van der Waals surface area contributed by atoms with E-state index in [0.717, 1.165) is 24.8 Å². The third-order valence-corrected chi connectivity index (χ3v) is 4.67. The number of aromatic nitrogens is 1. The Labute approximate surface area is 135 Å². The van der Waals surface area contributed by atoms with E-state index in [1.165, 1.54) is 22.2 Å². The van der Waals surface area contributed by atoms with Gasteiger partial charge in [0.25, 0.3) is 0 Å². The van der Waals surface area contributed by atoms with Crippen molar-refractivity contribution in [2.75, 3.05) is 0 Å². The Morgan fingerprint density at radius 3 is 2.74 bits per heavy atom. The lowest BCUT2D eigenvalue weighted by Gasteiger charge is -2.23. The third-order valence-electron chi connectivity index (χ3n) is 4.67. The minimum Gasteiger partial charge on any atom is -0.358 e. The summed E-state index contributed by atoms with van der Waals surface area (Å²) >= 11 is 0. The Balaban J connectivity index is 1.45. The molecule has 1 heterocycles. The van der Waals surface area contributed by atoms with E-state index in [1.807, 2.05) is 30.3 Å². The summed E-state index contributed by atoms with van der Waals surface area (Å²) < 4.78 is 0. The summed E-state index contributed by atoms with van der Waals surface area (Å²) in [6.45, 7) is 0. The molecule has 0 radical (unpaired) electrons. The highest BCUT2D eigenvalue weighted by Gasteiger charge is 2.23. The summed E-state index contributed by atoms with van der Waals surface area (Å²) in [6.07, 6.45) is 3.38. The molecule has 0 fully saturated rings. The number of rotatable bonds is 3. The maximum absolute atomic E-state index is 12.2. The van der Waals surface area contributed by atoms with Crippen LogP contribution in [0.1, 0.15) is 23.2 Å². The lowest BCUT2D eigenvalue weighted by molar-refractivity contribution is -0.121. The van der Waals surface area contributed by atoms with Crippen LogP contribution in [0.25, 0.3) is 10.9 Å². The molecule has 0 aliphatic heterocycles. The first-order valence-corrected chi connectivity index (χ1v) is 8.21. The summed E-state index contributed by atoms with van der Waals surface area (Å²) in [5, 5.41) is 4.52. The lowest BCUT2D eigenvalue weighted by atomic mass is 9.91. The maximum Gasteiger partial charge on any atom is 0.224 e. The number of carbonyl (C=O) groups excluding carboxylic acids is 1. The third kappa shape index (κ3) is 2.87. The summed E-state index contributed by atoms with van der Waals surface area (Å²) in [7, 11) is 0. The van der Waals surface area contributed by atoms with Crippen molar-refractivity contribution in [2.24, 2.45) is 0 Å². The average molecular weight is 304 g/mol. The molecule has 3 aromatic rings. The second kappa shape index (κ2) is 5.92. The van der Waals surface area contributed by atoms with E-state index in [9.17, 15) is 4.79 Å². The molecule has 1 atom stereocenters. The van der Waals surface area contributed by atoms with Crippen molar-refractivity contribution in [2.45, 2.75) is 31.7 Å². The molecule has 3 nitrogen and oxygen atoms in total. The number of hydrogen-bond acceptors (Lipinski definition) is 1. The molecule has 1 aliphatic carbocycles. The molecule has 1 aliphatic rings. The van der Waals surface area contributed by atoms with Crippen molar-refractivity contribution >= 4 is 16.8 Å². The van der Waals surface area contributed by atoms with Gasteiger partial charge in [-0.2, -0.15) is 0 Å². The molecule has 116 valence electrons. The highest BCUT2D eigenvalue weighted by molar-refractivity contribution is 5.85. The van der Waals surface area contributed by atoms with Crippen LogP contribution < -0.4 is 5.32 Å². The molecule has 0 spiro atoms. The average Bonchev–Trinajstić information content (AvgIpc) is 2.93. The van der Waals surface area contributed by atoms with Gasteiger partial charge in [0.1, 0.15) is 0 Å². The van der Waals surface area contributed by atoms with Gasteiger partial charge >= 0.3 is 0 Å². The Bertz CT molecular complexity index is 835. The minimum atomic E-state index is 0.112. The summed E-state index contributed by atoms with van der Waals surface area (Å²) in [6, 6.07) is 18.6. The maximum atomic E-state index is 12.2. The predicted molar refractivity (Wildman–Crippen MR) is 92.4 cm³/mol. The van der Waals surface area contributed by atoms with Crippen LogP contribution in [0.2, 0.25) is 0 Å². The molecule has 0 saturated heterocycles. The zero-order valence-corrected chi connectivity index (χ0v) is 13.0. The SMILES string of the molecule is O=C(Cc1ccccc1)NC1CCc2c([nH]c3ccccc23)C1. The fourth-order valence-corrected chi connectivity index (χ4v) is 3.57. The zero-order valence-electron chi connectivity index (χ0n) is 13.0. The molecule has 23 heavy (non-hydrogen) atoms. The largest absolute Gasteiger partial charge is 0.358 e. The molecular formula is C20H20N2O. The number of para-hydroxylation sites is 1. The second-order valence-electron chi connectivity index (χ2n) is 6.30. The number of H-pyrrole nitrogens is 1. The van der Waals surface area contributed by atoms with Crippen molar-refractivity contribution in [1.29, 1.82) is 0 Å². The van der Waals surface area contributed by atoms with Crippen LogP contribution in [-0.2, 0) is 24.1 Å². The molecule has 2 aromatic carbocycles. The fourth-order valence-electron chi connectivity index (χ4n) is 3.57. The first-order valence-electron chi connectivity index (χ1n) is 8.21. The van der Waals surface area contributed by atoms with Crippen LogP contribution in [0.4, 0.5) is 0 Å². The van der Waals surface area contributed by atoms with Gasteiger partial charge in [-0.05, 0) is 30.0 Å². The van der Waals surface area contributed by atoms with Gasteiger partial charge in [-0.15, -0.1) is 0 Å². The Kier molecular flexibility index (Phi) is 3.62. The molecule has 3 heteroatoms. The first kappa shape index (κ1) is 14.1. The fraction of sp³-hybridized carbons (Fsp3) is 0.250. The number of fused-ring (bicyclic) bond motifs is 3. The Morgan fingerprint density at radius 2 is 1.87 bits per heavy atom. The molecule has 0 bridgehead atoms. The molecule has 1 amide bonds. The highest BCUT2D eigenvalue weighted by atomic mass is 16.1. The van der Waals surface area contributed by atoms with Crippen LogP contribution in [0.3, 0.4) is 0 Å². The van der Waals surface area contributed by atoms with Crippen LogP contribution >= 0.6 is 0 Å². The first-order chi connectivity index (χ1) is 11.3. The number of amides is 1. The van der Waals surface area contributed by atoms with Gasteiger partial charge in [0.05, 0.1) is 6.42 Å². The Hall–Kier alpha value is -2.55. The quantitative estimate of drug-likeness (QED) is 0.765. The summed E-state index contributed by atoms with van der Waals surface area (Å²) in [4.78, 5) is 15.8. The van der Waals surface area contributed by atoms with E-state index in [-0.39, 0.29) is 11.9 Å². The van der Waals surface area contributed by atoms with Crippen LogP contribution in [0.5, 0.6) is 0 Å². The van der Waals surface area contributed by atoms with Gasteiger partial charge in [-0.25, -0.2) is 0 Å². The monoisotopic (exact) mass is 304 g/mol. The molecule has 2 N–H and O–H groups in total. The van der Waals surface area contributed by atoms with Crippen molar-refractivity contribution in [3.63, 3.8) is 0 Å². The molecule has 1 unspecified atom stereocenters. The zero-order chi connectivity index (χ0) is 15.6. The number of benzene rings is 2. The van der Waals surface area contributed by atoms with Gasteiger partial charge < -0.3 is 10.3 Å². The van der Waals surface area contributed by atoms with Crippen LogP contribution in [0, 0.1) is 0 Å². The van der Waals surface area contributed by atoms with Gasteiger partial charge in [0, 0.05) is 29.1 Å². The van der Waals surface area contributed by atoms with Gasteiger partial charge in [0.15, 0.2) is 0 Å². The lowest BCUT2D eigenvalue weighted by Crippen LogP contribution is -2.39. The Morgan fingerprint density at radius 1 is 1.09 bits per heavy atom. The van der Waals surface area contributed by atoms with Crippen molar-refractivity contribution in [3.8, 4) is 0 Å². The summed E-state index contributed by atoms with van der Waals surface area (Å²) in [5.74, 6) is 0.112. The van der Waals surface area contributed by atoms with Gasteiger partial charge in [-0.1, -0.05) is 48.5 Å². The number of hydrogen-bond donors (Lipinski definition) is 2. The van der Waals surface area contributed by atoms with E-state index in [1.54, 1.807) is 0 Å². The highest BCUT2D eigenvalue weighted by Crippen LogP contribution is 2.29. The standard InChI is InChI=1S/C20H20N2O/c23-20(12-14-6-2-1-3-7-14)21-15-10-11-17-16-8-4-5-9-18(16)22-19(17)13-15/h1-9,15,22H,10-13H2,(H,21,23). The van der Waals surface area contributed by atoms with E-state index in [4.69, 9.17) is 0 Å². The van der Waals surface area contributed by atoms with E-state index in [0.29, 0.717) is 6.42 Å². The molecule has 1 aromatic heterocycles. The van der Waals surface area contributed by atoms with Crippen LogP contribution in [0.15, 0.2) is 54.6 Å². The van der Waals surface area contributed by atoms with Crippen molar-refractivity contribution in [1.82, 2.24) is 10.3 Å². The van der Waals surface area contributed by atoms with Gasteiger partial charge in [0.2, 0.25) is 5.91 Å².